The predicted molar refractivity (Wildman–Crippen MR) is 59.9 cm³/mol. The van der Waals surface area contributed by atoms with Crippen LogP contribution in [0.15, 0.2) is 0 Å². The molecule has 1 heterocycles. The molecule has 0 saturated carbocycles. The summed E-state index contributed by atoms with van der Waals surface area (Å²) in [4.78, 5) is 24.7. The van der Waals surface area contributed by atoms with Crippen LogP contribution in [0.5, 0.6) is 0 Å². The third kappa shape index (κ3) is 4.61. The molecule has 1 N–H and O–H groups in total. The maximum Gasteiger partial charge on any atom is 0.242 e. The van der Waals surface area contributed by atoms with E-state index < -0.39 is 0 Å². The van der Waals surface area contributed by atoms with Crippen LogP contribution in [0.4, 0.5) is 0 Å². The minimum atomic E-state index is -0.0587. The van der Waals surface area contributed by atoms with Crippen LogP contribution in [-0.2, 0) is 14.3 Å². The minimum Gasteiger partial charge on any atom is -0.378 e. The van der Waals surface area contributed by atoms with Crippen molar-refractivity contribution in [2.45, 2.75) is 20.3 Å². The number of carbonyl (C=O) groups excluding carboxylic acids is 2. The van der Waals surface area contributed by atoms with Crippen LogP contribution in [0.2, 0.25) is 0 Å². The van der Waals surface area contributed by atoms with E-state index in [1.54, 1.807) is 4.90 Å². The number of nitrogens with one attached hydrogen (secondary N) is 1. The molecular formula is C11H20N2O3. The van der Waals surface area contributed by atoms with Crippen LogP contribution in [-0.4, -0.2) is 49.6 Å². The zero-order chi connectivity index (χ0) is 12.0. The number of amides is 2. The van der Waals surface area contributed by atoms with Gasteiger partial charge in [-0.15, -0.1) is 0 Å². The fourth-order valence-corrected chi connectivity index (χ4v) is 1.54. The Morgan fingerprint density at radius 3 is 2.50 bits per heavy atom. The van der Waals surface area contributed by atoms with Gasteiger partial charge in [-0.2, -0.15) is 0 Å². The van der Waals surface area contributed by atoms with E-state index in [0.29, 0.717) is 38.6 Å². The summed E-state index contributed by atoms with van der Waals surface area (Å²) in [6.07, 6.45) is 0.469. The first-order valence-electron chi connectivity index (χ1n) is 5.72. The predicted octanol–water partition coefficient (Wildman–Crippen LogP) is 0.00750. The van der Waals surface area contributed by atoms with Crippen LogP contribution in [0.3, 0.4) is 0 Å². The second-order valence-electron chi connectivity index (χ2n) is 4.37. The van der Waals surface area contributed by atoms with E-state index in [9.17, 15) is 9.59 Å². The van der Waals surface area contributed by atoms with Crippen LogP contribution in [0, 0.1) is 5.92 Å². The Kier molecular flexibility index (Phi) is 5.25. The van der Waals surface area contributed by atoms with Crippen molar-refractivity contribution in [1.82, 2.24) is 10.2 Å². The highest BCUT2D eigenvalue weighted by Gasteiger charge is 2.17. The molecule has 1 fully saturated rings. The first kappa shape index (κ1) is 13.0. The number of carbonyl (C=O) groups is 2. The van der Waals surface area contributed by atoms with Gasteiger partial charge in [0.15, 0.2) is 0 Å². The SMILES string of the molecule is CC(C)CC(=O)NCC(=O)N1CCOCC1. The molecule has 0 bridgehead atoms. The lowest BCUT2D eigenvalue weighted by Gasteiger charge is -2.26. The average molecular weight is 228 g/mol. The summed E-state index contributed by atoms with van der Waals surface area (Å²) in [6.45, 7) is 6.48. The lowest BCUT2D eigenvalue weighted by molar-refractivity contribution is -0.136. The maximum atomic E-state index is 11.6. The van der Waals surface area contributed by atoms with Gasteiger partial charge >= 0.3 is 0 Å². The average Bonchev–Trinajstić information content (AvgIpc) is 2.26. The van der Waals surface area contributed by atoms with Gasteiger partial charge in [0.25, 0.3) is 0 Å². The molecule has 16 heavy (non-hydrogen) atoms. The molecule has 0 aliphatic carbocycles. The first-order chi connectivity index (χ1) is 7.59. The number of hydrogen-bond acceptors (Lipinski definition) is 3. The second-order valence-corrected chi connectivity index (χ2v) is 4.37. The fourth-order valence-electron chi connectivity index (χ4n) is 1.54. The molecule has 5 heteroatoms. The van der Waals surface area contributed by atoms with Crippen molar-refractivity contribution in [1.29, 1.82) is 0 Å². The van der Waals surface area contributed by atoms with Gasteiger partial charge in [0, 0.05) is 19.5 Å². The Balaban J connectivity index is 2.21. The maximum absolute atomic E-state index is 11.6. The van der Waals surface area contributed by atoms with Gasteiger partial charge in [-0.1, -0.05) is 13.8 Å². The van der Waals surface area contributed by atoms with E-state index in [2.05, 4.69) is 5.32 Å². The van der Waals surface area contributed by atoms with Gasteiger partial charge in [0.2, 0.25) is 11.8 Å². The monoisotopic (exact) mass is 228 g/mol. The third-order valence-electron chi connectivity index (χ3n) is 2.39. The molecule has 5 nitrogen and oxygen atoms in total. The smallest absolute Gasteiger partial charge is 0.242 e. The van der Waals surface area contributed by atoms with E-state index in [4.69, 9.17) is 4.74 Å². The molecule has 0 radical (unpaired) electrons. The summed E-state index contributed by atoms with van der Waals surface area (Å²) < 4.78 is 5.15. The zero-order valence-corrected chi connectivity index (χ0v) is 9.99. The topological polar surface area (TPSA) is 58.6 Å². The summed E-state index contributed by atoms with van der Waals surface area (Å²) in [5.41, 5.74) is 0. The second kappa shape index (κ2) is 6.48. The summed E-state index contributed by atoms with van der Waals surface area (Å²) in [5, 5.41) is 2.64. The van der Waals surface area contributed by atoms with Crippen molar-refractivity contribution >= 4 is 11.8 Å². The Hall–Kier alpha value is -1.10. The van der Waals surface area contributed by atoms with Crippen LogP contribution >= 0.6 is 0 Å². The summed E-state index contributed by atoms with van der Waals surface area (Å²) in [5.74, 6) is 0.232. The van der Waals surface area contributed by atoms with Crippen molar-refractivity contribution in [3.63, 3.8) is 0 Å². The van der Waals surface area contributed by atoms with Crippen LogP contribution in [0.1, 0.15) is 20.3 Å². The van der Waals surface area contributed by atoms with Gasteiger partial charge in [-0.25, -0.2) is 0 Å². The van der Waals surface area contributed by atoms with E-state index in [0.717, 1.165) is 0 Å². The Morgan fingerprint density at radius 2 is 1.94 bits per heavy atom. The van der Waals surface area contributed by atoms with Crippen molar-refractivity contribution in [3.05, 3.63) is 0 Å². The molecule has 0 atom stereocenters. The fraction of sp³-hybridized carbons (Fsp3) is 0.818. The van der Waals surface area contributed by atoms with Gasteiger partial charge in [-0.3, -0.25) is 9.59 Å². The lowest BCUT2D eigenvalue weighted by atomic mass is 10.1. The Morgan fingerprint density at radius 1 is 1.31 bits per heavy atom. The zero-order valence-electron chi connectivity index (χ0n) is 9.99. The third-order valence-corrected chi connectivity index (χ3v) is 2.39. The first-order valence-corrected chi connectivity index (χ1v) is 5.72. The molecule has 1 saturated heterocycles. The standard InChI is InChI=1S/C11H20N2O3/c1-9(2)7-10(14)12-8-11(15)13-3-5-16-6-4-13/h9H,3-8H2,1-2H3,(H,12,14). The van der Waals surface area contributed by atoms with Gasteiger partial charge in [-0.05, 0) is 5.92 Å². The van der Waals surface area contributed by atoms with E-state index >= 15 is 0 Å². The lowest BCUT2D eigenvalue weighted by Crippen LogP contribution is -2.45. The minimum absolute atomic E-state index is 0.0274. The van der Waals surface area contributed by atoms with E-state index in [1.807, 2.05) is 13.8 Å². The van der Waals surface area contributed by atoms with Crippen molar-refractivity contribution in [2.75, 3.05) is 32.8 Å². The summed E-state index contributed by atoms with van der Waals surface area (Å²) in [7, 11) is 0. The molecule has 0 spiro atoms. The molecule has 0 unspecified atom stereocenters. The largest absolute Gasteiger partial charge is 0.378 e. The van der Waals surface area contributed by atoms with Gasteiger partial charge < -0.3 is 15.0 Å². The number of ether oxygens (including phenoxy) is 1. The number of hydrogen-bond donors (Lipinski definition) is 1. The number of morpholine rings is 1. The molecule has 2 amide bonds. The van der Waals surface area contributed by atoms with Crippen LogP contribution < -0.4 is 5.32 Å². The summed E-state index contributed by atoms with van der Waals surface area (Å²) >= 11 is 0. The van der Waals surface area contributed by atoms with Gasteiger partial charge in [0.1, 0.15) is 0 Å². The summed E-state index contributed by atoms with van der Waals surface area (Å²) in [6, 6.07) is 0. The highest BCUT2D eigenvalue weighted by molar-refractivity contribution is 5.84. The van der Waals surface area contributed by atoms with Crippen LogP contribution in [0.25, 0.3) is 0 Å². The molecule has 0 aromatic heterocycles. The van der Waals surface area contributed by atoms with Gasteiger partial charge in [0.05, 0.1) is 19.8 Å². The Labute approximate surface area is 96.1 Å². The normalized spacial score (nSPS) is 16.3. The number of rotatable bonds is 4. The Bertz CT molecular complexity index is 248. The number of nitrogens with zero attached hydrogens (tertiary/aromatic N) is 1. The molecule has 0 aromatic carbocycles. The highest BCUT2D eigenvalue weighted by atomic mass is 16.5. The highest BCUT2D eigenvalue weighted by Crippen LogP contribution is 1.99. The molecule has 92 valence electrons. The quantitative estimate of drug-likeness (QED) is 0.737. The van der Waals surface area contributed by atoms with Crippen molar-refractivity contribution < 1.29 is 14.3 Å². The van der Waals surface area contributed by atoms with E-state index in [-0.39, 0.29) is 18.4 Å². The van der Waals surface area contributed by atoms with E-state index in [1.165, 1.54) is 0 Å². The molecule has 1 rings (SSSR count). The van der Waals surface area contributed by atoms with Crippen molar-refractivity contribution in [2.24, 2.45) is 5.92 Å². The molecule has 1 aliphatic rings. The molecule has 1 aliphatic heterocycles. The van der Waals surface area contributed by atoms with Crippen molar-refractivity contribution in [3.8, 4) is 0 Å². The molecule has 0 aromatic rings. The molecular weight excluding hydrogens is 208 g/mol.